The first-order chi connectivity index (χ1) is 15.7. The number of fused-ring (bicyclic) bond motifs is 1. The summed E-state index contributed by atoms with van der Waals surface area (Å²) in [6, 6.07) is 13.0. The fraction of sp³-hybridized carbons (Fsp3) is 0.333. The second-order valence-corrected chi connectivity index (χ2v) is 10.8. The molecule has 0 bridgehead atoms. The molecule has 2 aromatic carbocycles. The van der Waals surface area contributed by atoms with Gasteiger partial charge in [0.15, 0.2) is 0 Å². The second-order valence-electron chi connectivity index (χ2n) is 8.47. The third-order valence-corrected chi connectivity index (χ3v) is 8.20. The highest BCUT2D eigenvalue weighted by molar-refractivity contribution is 7.89. The molecule has 3 aromatic rings. The first-order valence-corrected chi connectivity index (χ1v) is 12.8. The van der Waals surface area contributed by atoms with Gasteiger partial charge in [-0.3, -0.25) is 9.59 Å². The number of hydrogen-bond acceptors (Lipinski definition) is 4. The van der Waals surface area contributed by atoms with Crippen LogP contribution in [0.3, 0.4) is 0 Å². The smallest absolute Gasteiger partial charge is 0.252 e. The minimum atomic E-state index is -3.69. The van der Waals surface area contributed by atoms with Gasteiger partial charge in [0.2, 0.25) is 15.6 Å². The van der Waals surface area contributed by atoms with Gasteiger partial charge in [0.25, 0.3) is 5.91 Å². The molecule has 1 aliphatic heterocycles. The number of aromatic amines is 1. The van der Waals surface area contributed by atoms with Crippen LogP contribution in [0.1, 0.15) is 35.7 Å². The van der Waals surface area contributed by atoms with Gasteiger partial charge in [-0.05, 0) is 61.1 Å². The molecule has 33 heavy (non-hydrogen) atoms. The van der Waals surface area contributed by atoms with Crippen molar-refractivity contribution in [1.29, 1.82) is 0 Å². The van der Waals surface area contributed by atoms with E-state index < -0.39 is 21.5 Å². The van der Waals surface area contributed by atoms with Crippen molar-refractivity contribution >= 4 is 38.4 Å². The van der Waals surface area contributed by atoms with Crippen LogP contribution in [0.15, 0.2) is 58.2 Å². The Bertz CT molecular complexity index is 1330. The number of carbonyl (C=O) groups excluding carboxylic acids is 1. The molecule has 7 nitrogen and oxygen atoms in total. The predicted molar refractivity (Wildman–Crippen MR) is 129 cm³/mol. The Kier molecular flexibility index (Phi) is 6.88. The number of halogens is 1. The van der Waals surface area contributed by atoms with Crippen LogP contribution < -0.4 is 10.9 Å². The maximum atomic E-state index is 13.2. The van der Waals surface area contributed by atoms with E-state index in [4.69, 9.17) is 11.6 Å². The van der Waals surface area contributed by atoms with Crippen LogP contribution in [0.5, 0.6) is 0 Å². The fourth-order valence-electron chi connectivity index (χ4n) is 4.02. The molecule has 174 valence electrons. The van der Waals surface area contributed by atoms with Crippen molar-refractivity contribution < 1.29 is 13.2 Å². The lowest BCUT2D eigenvalue weighted by Gasteiger charge is -2.29. The number of benzene rings is 2. The van der Waals surface area contributed by atoms with Gasteiger partial charge in [0.05, 0.1) is 10.5 Å². The maximum Gasteiger partial charge on any atom is 0.252 e. The van der Waals surface area contributed by atoms with E-state index in [0.717, 1.165) is 18.4 Å². The molecule has 1 saturated heterocycles. The average Bonchev–Trinajstić information content (AvgIpc) is 2.79. The number of piperidine rings is 1. The van der Waals surface area contributed by atoms with E-state index in [0.29, 0.717) is 47.9 Å². The highest BCUT2D eigenvalue weighted by atomic mass is 35.5. The molecule has 1 aliphatic rings. The predicted octanol–water partition coefficient (Wildman–Crippen LogP) is 3.57. The summed E-state index contributed by atoms with van der Waals surface area (Å²) in [5.41, 5.74) is 1.15. The Morgan fingerprint density at radius 3 is 2.52 bits per heavy atom. The summed E-state index contributed by atoms with van der Waals surface area (Å²) in [7, 11) is -3.69. The summed E-state index contributed by atoms with van der Waals surface area (Å²) in [6.45, 7) is 3.43. The number of aromatic nitrogens is 1. The monoisotopic (exact) mass is 487 g/mol. The molecule has 1 amide bonds. The summed E-state index contributed by atoms with van der Waals surface area (Å²) in [6.07, 6.45) is 2.24. The van der Waals surface area contributed by atoms with Crippen LogP contribution in [-0.2, 0) is 16.4 Å². The molecular formula is C24H26ClN3O4S. The molecule has 9 heteroatoms. The topological polar surface area (TPSA) is 99.3 Å². The molecular weight excluding hydrogens is 462 g/mol. The average molecular weight is 488 g/mol. The van der Waals surface area contributed by atoms with Gasteiger partial charge in [-0.15, -0.1) is 0 Å². The third-order valence-electron chi connectivity index (χ3n) is 6.05. The minimum absolute atomic E-state index is 0.117. The zero-order valence-corrected chi connectivity index (χ0v) is 19.9. The van der Waals surface area contributed by atoms with Gasteiger partial charge in [-0.1, -0.05) is 30.7 Å². The number of rotatable bonds is 6. The van der Waals surface area contributed by atoms with Gasteiger partial charge in [0.1, 0.15) is 0 Å². The molecule has 0 aliphatic carbocycles. The van der Waals surface area contributed by atoms with E-state index in [1.54, 1.807) is 18.2 Å². The molecule has 2 heterocycles. The first-order valence-electron chi connectivity index (χ1n) is 10.9. The van der Waals surface area contributed by atoms with E-state index in [2.05, 4.69) is 17.2 Å². The maximum absolute atomic E-state index is 13.2. The van der Waals surface area contributed by atoms with Crippen LogP contribution in [-0.4, -0.2) is 43.2 Å². The fourth-order valence-corrected chi connectivity index (χ4v) is 5.64. The molecule has 0 saturated carbocycles. The van der Waals surface area contributed by atoms with Crippen molar-refractivity contribution in [3.8, 4) is 0 Å². The third kappa shape index (κ3) is 5.29. The lowest BCUT2D eigenvalue weighted by Crippen LogP contribution is -2.37. The molecule has 0 atom stereocenters. The molecule has 0 unspecified atom stereocenters. The van der Waals surface area contributed by atoms with Crippen LogP contribution >= 0.6 is 11.6 Å². The van der Waals surface area contributed by atoms with Crippen molar-refractivity contribution in [3.63, 3.8) is 0 Å². The highest BCUT2D eigenvalue weighted by Gasteiger charge is 2.28. The van der Waals surface area contributed by atoms with Crippen LogP contribution in [0.25, 0.3) is 10.9 Å². The number of hydrogen-bond donors (Lipinski definition) is 2. The Labute approximate surface area is 197 Å². The van der Waals surface area contributed by atoms with Crippen molar-refractivity contribution in [2.75, 3.05) is 19.6 Å². The summed E-state index contributed by atoms with van der Waals surface area (Å²) in [4.78, 5) is 27.8. The van der Waals surface area contributed by atoms with Crippen molar-refractivity contribution in [2.45, 2.75) is 31.1 Å². The minimum Gasteiger partial charge on any atom is -0.352 e. The second kappa shape index (κ2) is 9.67. The summed E-state index contributed by atoms with van der Waals surface area (Å²) >= 11 is 5.90. The van der Waals surface area contributed by atoms with Crippen LogP contribution in [0, 0.1) is 5.92 Å². The van der Waals surface area contributed by atoms with Gasteiger partial charge in [-0.25, -0.2) is 8.42 Å². The van der Waals surface area contributed by atoms with Gasteiger partial charge >= 0.3 is 0 Å². The van der Waals surface area contributed by atoms with Crippen molar-refractivity contribution in [1.82, 2.24) is 14.6 Å². The van der Waals surface area contributed by atoms with E-state index >= 15 is 0 Å². The molecule has 2 N–H and O–H groups in total. The number of pyridine rings is 1. The Morgan fingerprint density at radius 2 is 1.82 bits per heavy atom. The molecule has 1 aromatic heterocycles. The van der Waals surface area contributed by atoms with Crippen molar-refractivity contribution in [3.05, 3.63) is 75.0 Å². The number of carbonyl (C=O) groups is 1. The number of sulfonamides is 1. The van der Waals surface area contributed by atoms with Gasteiger partial charge < -0.3 is 10.3 Å². The first kappa shape index (κ1) is 23.5. The Morgan fingerprint density at radius 1 is 1.12 bits per heavy atom. The largest absolute Gasteiger partial charge is 0.352 e. The van der Waals surface area contributed by atoms with E-state index in [-0.39, 0.29) is 10.5 Å². The number of amides is 1. The Balaban J connectivity index is 1.59. The molecule has 0 radical (unpaired) electrons. The molecule has 1 fully saturated rings. The lowest BCUT2D eigenvalue weighted by molar-refractivity contribution is 0.0955. The molecule has 4 rings (SSSR count). The quantitative estimate of drug-likeness (QED) is 0.555. The number of nitrogens with zero attached hydrogens (tertiary/aromatic N) is 1. The van der Waals surface area contributed by atoms with Crippen molar-refractivity contribution in [2.24, 2.45) is 5.92 Å². The highest BCUT2D eigenvalue weighted by Crippen LogP contribution is 2.26. The van der Waals surface area contributed by atoms with Gasteiger partial charge in [-0.2, -0.15) is 4.31 Å². The molecule has 0 spiro atoms. The van der Waals surface area contributed by atoms with Crippen LogP contribution in [0.4, 0.5) is 0 Å². The van der Waals surface area contributed by atoms with Crippen LogP contribution in [0.2, 0.25) is 5.02 Å². The normalized spacial score (nSPS) is 15.6. The summed E-state index contributed by atoms with van der Waals surface area (Å²) in [5, 5.41) is 3.86. The number of nitrogens with one attached hydrogen (secondary N) is 2. The SMILES string of the molecule is CC1CCN(S(=O)(=O)c2ccc3[nH]c(=O)cc(C(=O)NCCc4ccc(Cl)cc4)c3c2)CC1. The van der Waals surface area contributed by atoms with E-state index in [1.165, 1.54) is 22.5 Å². The standard InChI is InChI=1S/C24H26ClN3O4S/c1-16-9-12-28(13-10-16)33(31,32)19-6-7-22-20(14-19)21(15-23(29)27-22)24(30)26-11-8-17-2-4-18(25)5-3-17/h2-7,14-16H,8-13H2,1H3,(H,26,30)(H,27,29). The van der Waals surface area contributed by atoms with E-state index in [1.807, 2.05) is 12.1 Å². The van der Waals surface area contributed by atoms with Gasteiger partial charge in [0, 0.05) is 41.6 Å². The Hall–Kier alpha value is -2.68. The zero-order valence-electron chi connectivity index (χ0n) is 18.3. The zero-order chi connectivity index (χ0) is 23.6. The van der Waals surface area contributed by atoms with E-state index in [9.17, 15) is 18.0 Å². The lowest BCUT2D eigenvalue weighted by atomic mass is 10.0. The summed E-state index contributed by atoms with van der Waals surface area (Å²) < 4.78 is 27.9. The summed E-state index contributed by atoms with van der Waals surface area (Å²) in [5.74, 6) is 0.0720. The number of H-pyrrole nitrogens is 1.